The van der Waals surface area contributed by atoms with Crippen LogP contribution in [0.25, 0.3) is 0 Å². The molecule has 5 N–H and O–H groups in total. The van der Waals surface area contributed by atoms with Crippen LogP contribution in [0.4, 0.5) is 0 Å². The maximum atomic E-state index is 9.73. The number of quaternary nitrogens is 1. The monoisotopic (exact) mass is 311 g/mol. The first kappa shape index (κ1) is 19.8. The van der Waals surface area contributed by atoms with Crippen molar-refractivity contribution in [1.82, 2.24) is 0 Å². The summed E-state index contributed by atoms with van der Waals surface area (Å²) in [5.74, 6) is -2.80. The van der Waals surface area contributed by atoms with Gasteiger partial charge in [-0.15, -0.1) is 0 Å². The van der Waals surface area contributed by atoms with Crippen LogP contribution in [-0.2, 0) is 9.59 Å². The molecule has 1 atom stereocenters. The first-order valence-electron chi connectivity index (χ1n) is 6.75. The van der Waals surface area contributed by atoms with Gasteiger partial charge in [-0.3, -0.25) is 0 Å². The van der Waals surface area contributed by atoms with Crippen LogP contribution in [0, 0.1) is 0 Å². The molecule has 0 fully saturated rings. The minimum Gasteiger partial charge on any atom is -0.545 e. The number of carboxylic acids is 2. The van der Waals surface area contributed by atoms with Crippen LogP contribution in [0.2, 0.25) is 0 Å². The zero-order chi connectivity index (χ0) is 16.8. The standard InChI is InChI=1S/C11H17NO2.C4H4O4/c13-8-4-7-12-9-11(14)10-5-2-1-3-6-10;5-3(6)1-2-4(7)8/h1-3,5-6,11-14H,4,7-9H2;1-2H,(H,5,6)(H,7,8)/b;2-1+. The van der Waals surface area contributed by atoms with Gasteiger partial charge in [0.1, 0.15) is 12.6 Å². The Kier molecular flexibility index (Phi) is 11.3. The van der Waals surface area contributed by atoms with Crippen molar-refractivity contribution in [2.45, 2.75) is 12.5 Å². The van der Waals surface area contributed by atoms with E-state index in [2.05, 4.69) is 0 Å². The summed E-state index contributed by atoms with van der Waals surface area (Å²) in [6.07, 6.45) is 1.31. The van der Waals surface area contributed by atoms with E-state index < -0.39 is 18.0 Å². The third kappa shape index (κ3) is 11.6. The van der Waals surface area contributed by atoms with Crippen molar-refractivity contribution in [3.8, 4) is 0 Å². The number of aliphatic hydroxyl groups is 2. The number of nitrogens with two attached hydrogens (primary N) is 1. The van der Waals surface area contributed by atoms with E-state index in [9.17, 15) is 19.8 Å². The van der Waals surface area contributed by atoms with Crippen molar-refractivity contribution in [1.29, 1.82) is 0 Å². The van der Waals surface area contributed by atoms with Gasteiger partial charge in [-0.1, -0.05) is 30.3 Å². The van der Waals surface area contributed by atoms with Crippen LogP contribution in [0.15, 0.2) is 42.5 Å². The molecule has 0 spiro atoms. The van der Waals surface area contributed by atoms with Crippen LogP contribution < -0.4 is 10.4 Å². The van der Waals surface area contributed by atoms with Gasteiger partial charge in [0, 0.05) is 19.1 Å². The number of carbonyl (C=O) groups is 2. The van der Waals surface area contributed by atoms with Crippen LogP contribution in [0.3, 0.4) is 0 Å². The predicted octanol–water partition coefficient (Wildman–Crippen LogP) is -1.96. The molecule has 0 amide bonds. The molecule has 1 unspecified atom stereocenters. The number of carboxylic acid groups (broad SMARTS) is 2. The van der Waals surface area contributed by atoms with E-state index in [1.54, 1.807) is 0 Å². The first-order chi connectivity index (χ1) is 10.5. The minimum absolute atomic E-state index is 0.220. The second-order valence-electron chi connectivity index (χ2n) is 4.31. The van der Waals surface area contributed by atoms with Gasteiger partial charge >= 0.3 is 5.97 Å². The fourth-order valence-electron chi connectivity index (χ4n) is 1.46. The van der Waals surface area contributed by atoms with E-state index >= 15 is 0 Å². The summed E-state index contributed by atoms with van der Waals surface area (Å²) in [6.45, 7) is 1.74. The normalized spacial score (nSPS) is 11.5. The summed E-state index contributed by atoms with van der Waals surface area (Å²) < 4.78 is 0. The van der Waals surface area contributed by atoms with Crippen LogP contribution in [0.1, 0.15) is 18.1 Å². The second-order valence-corrected chi connectivity index (χ2v) is 4.31. The van der Waals surface area contributed by atoms with Crippen molar-refractivity contribution in [3.05, 3.63) is 48.0 Å². The van der Waals surface area contributed by atoms with E-state index in [1.807, 2.05) is 35.6 Å². The maximum Gasteiger partial charge on any atom is 0.328 e. The van der Waals surface area contributed by atoms with Crippen molar-refractivity contribution >= 4 is 11.9 Å². The Hall–Kier alpha value is -2.22. The second kappa shape index (κ2) is 12.5. The number of benzene rings is 1. The largest absolute Gasteiger partial charge is 0.545 e. The highest BCUT2D eigenvalue weighted by atomic mass is 16.4. The molecular formula is C15H21NO6. The van der Waals surface area contributed by atoms with Crippen LogP contribution in [0.5, 0.6) is 0 Å². The Bertz CT molecular complexity index is 444. The van der Waals surface area contributed by atoms with Gasteiger partial charge in [0.25, 0.3) is 0 Å². The summed E-state index contributed by atoms with van der Waals surface area (Å²) in [5.41, 5.74) is 0.952. The van der Waals surface area contributed by atoms with Gasteiger partial charge in [0.15, 0.2) is 0 Å². The molecule has 22 heavy (non-hydrogen) atoms. The molecule has 1 aromatic rings. The van der Waals surface area contributed by atoms with E-state index in [4.69, 9.17) is 10.2 Å². The SMILES string of the molecule is O=C([O-])/C=C/C(=O)O.OCCC[NH2+]CC(O)c1ccccc1. The van der Waals surface area contributed by atoms with Gasteiger partial charge in [-0.2, -0.15) is 0 Å². The van der Waals surface area contributed by atoms with Crippen molar-refractivity contribution in [2.24, 2.45) is 0 Å². The molecule has 0 radical (unpaired) electrons. The molecule has 122 valence electrons. The molecular weight excluding hydrogens is 290 g/mol. The first-order valence-corrected chi connectivity index (χ1v) is 6.75. The van der Waals surface area contributed by atoms with E-state index in [0.717, 1.165) is 18.5 Å². The topological polar surface area (TPSA) is 134 Å². The smallest absolute Gasteiger partial charge is 0.328 e. The Labute approximate surface area is 128 Å². The molecule has 0 saturated carbocycles. The summed E-state index contributed by atoms with van der Waals surface area (Å²) >= 11 is 0. The van der Waals surface area contributed by atoms with Crippen molar-refractivity contribution < 1.29 is 35.3 Å². The Morgan fingerprint density at radius 3 is 2.32 bits per heavy atom. The summed E-state index contributed by atoms with van der Waals surface area (Å²) in [4.78, 5) is 19.0. The Morgan fingerprint density at radius 2 is 1.86 bits per heavy atom. The highest BCUT2D eigenvalue weighted by Crippen LogP contribution is 2.08. The zero-order valence-corrected chi connectivity index (χ0v) is 12.1. The van der Waals surface area contributed by atoms with Gasteiger partial charge < -0.3 is 30.5 Å². The minimum atomic E-state index is -1.51. The van der Waals surface area contributed by atoms with Crippen molar-refractivity contribution in [3.63, 3.8) is 0 Å². The molecule has 0 aliphatic carbocycles. The molecule has 0 aliphatic heterocycles. The van der Waals surface area contributed by atoms with Gasteiger partial charge in [-0.05, 0) is 11.6 Å². The molecule has 1 rings (SSSR count). The summed E-state index contributed by atoms with van der Waals surface area (Å²) in [6, 6.07) is 9.62. The lowest BCUT2D eigenvalue weighted by Gasteiger charge is -2.08. The van der Waals surface area contributed by atoms with Gasteiger partial charge in [-0.25, -0.2) is 4.79 Å². The molecule has 0 aliphatic rings. The lowest BCUT2D eigenvalue weighted by Crippen LogP contribution is -2.85. The lowest BCUT2D eigenvalue weighted by atomic mass is 10.1. The third-order valence-electron chi connectivity index (χ3n) is 2.50. The average molecular weight is 311 g/mol. The lowest BCUT2D eigenvalue weighted by molar-refractivity contribution is -0.662. The van der Waals surface area contributed by atoms with Crippen molar-refractivity contribution in [2.75, 3.05) is 19.7 Å². The van der Waals surface area contributed by atoms with Gasteiger partial charge in [0.2, 0.25) is 0 Å². The maximum absolute atomic E-state index is 9.73. The number of aliphatic carboxylic acids is 2. The van der Waals surface area contributed by atoms with Crippen LogP contribution in [-0.4, -0.2) is 47.0 Å². The zero-order valence-electron chi connectivity index (χ0n) is 12.1. The third-order valence-corrected chi connectivity index (χ3v) is 2.50. The highest BCUT2D eigenvalue weighted by Gasteiger charge is 2.07. The molecule has 0 aromatic heterocycles. The fourth-order valence-corrected chi connectivity index (χ4v) is 1.46. The highest BCUT2D eigenvalue weighted by molar-refractivity contribution is 5.88. The number of aliphatic hydroxyl groups excluding tert-OH is 2. The Morgan fingerprint density at radius 1 is 1.23 bits per heavy atom. The molecule has 7 nitrogen and oxygen atoms in total. The fraction of sp³-hybridized carbons (Fsp3) is 0.333. The average Bonchev–Trinajstić information content (AvgIpc) is 2.51. The molecule has 0 bridgehead atoms. The molecule has 1 aromatic carbocycles. The number of hydrogen-bond acceptors (Lipinski definition) is 5. The van der Waals surface area contributed by atoms with E-state index in [0.29, 0.717) is 18.7 Å². The number of rotatable bonds is 8. The summed E-state index contributed by atoms with van der Waals surface area (Å²) in [7, 11) is 0. The number of carbonyl (C=O) groups excluding carboxylic acids is 1. The van der Waals surface area contributed by atoms with Crippen LogP contribution >= 0.6 is 0 Å². The van der Waals surface area contributed by atoms with Gasteiger partial charge in [0.05, 0.1) is 12.5 Å². The molecule has 0 saturated heterocycles. The number of hydrogen-bond donors (Lipinski definition) is 4. The molecule has 0 heterocycles. The van der Waals surface area contributed by atoms with E-state index in [1.165, 1.54) is 0 Å². The quantitative estimate of drug-likeness (QED) is 0.325. The Balaban J connectivity index is 0.000000472. The van der Waals surface area contributed by atoms with E-state index in [-0.39, 0.29) is 6.61 Å². The predicted molar refractivity (Wildman–Crippen MR) is 76.5 cm³/mol. The summed E-state index contributed by atoms with van der Waals surface area (Å²) in [5, 5.41) is 37.5. The molecule has 7 heteroatoms.